The molecule has 0 N–H and O–H groups in total. The molecule has 18 heavy (non-hydrogen) atoms. The van der Waals surface area contributed by atoms with Crippen molar-refractivity contribution in [2.24, 2.45) is 0 Å². The van der Waals surface area contributed by atoms with E-state index in [-0.39, 0.29) is 16.9 Å². The maximum atomic E-state index is 5.90. The highest BCUT2D eigenvalue weighted by Crippen LogP contribution is 2.19. The van der Waals surface area contributed by atoms with E-state index in [4.69, 9.17) is 21.1 Å². The first-order chi connectivity index (χ1) is 8.44. The lowest BCUT2D eigenvalue weighted by molar-refractivity contribution is 0.114. The van der Waals surface area contributed by atoms with Gasteiger partial charge in [0.25, 0.3) is 0 Å². The van der Waals surface area contributed by atoms with Crippen molar-refractivity contribution in [2.45, 2.75) is 26.4 Å². The summed E-state index contributed by atoms with van der Waals surface area (Å²) >= 11 is 5.90. The van der Waals surface area contributed by atoms with E-state index < -0.39 is 0 Å². The third-order valence-electron chi connectivity index (χ3n) is 2.27. The predicted molar refractivity (Wildman–Crippen MR) is 68.3 cm³/mol. The highest BCUT2D eigenvalue weighted by atomic mass is 35.5. The Kier molecular flexibility index (Phi) is 3.87. The molecule has 0 aromatic carbocycles. The second-order valence-corrected chi connectivity index (χ2v) is 5.34. The van der Waals surface area contributed by atoms with Crippen LogP contribution in [0.1, 0.15) is 20.8 Å². The number of nitrogens with zero attached hydrogens (tertiary/aromatic N) is 4. The largest absolute Gasteiger partial charge is 0.458 e. The van der Waals surface area contributed by atoms with Gasteiger partial charge in [0.05, 0.1) is 13.2 Å². The lowest BCUT2D eigenvalue weighted by Crippen LogP contribution is -2.37. The fourth-order valence-electron chi connectivity index (χ4n) is 1.55. The summed E-state index contributed by atoms with van der Waals surface area (Å²) in [6, 6.07) is 0.254. The van der Waals surface area contributed by atoms with Crippen LogP contribution in [-0.4, -0.2) is 46.9 Å². The SMILES string of the molecule is CC(C)(C)Oc1nc(Cl)nc(N2CCOCC2)n1. The molecule has 0 aliphatic carbocycles. The predicted octanol–water partition coefficient (Wildman–Crippen LogP) is 1.54. The van der Waals surface area contributed by atoms with Crippen molar-refractivity contribution in [1.82, 2.24) is 15.0 Å². The molecular formula is C11H17ClN4O2. The molecule has 2 heterocycles. The zero-order valence-electron chi connectivity index (χ0n) is 10.8. The van der Waals surface area contributed by atoms with Crippen LogP contribution < -0.4 is 9.64 Å². The minimum Gasteiger partial charge on any atom is -0.458 e. The molecule has 6 nitrogen and oxygen atoms in total. The van der Waals surface area contributed by atoms with Crippen LogP contribution in [0.4, 0.5) is 5.95 Å². The zero-order valence-corrected chi connectivity index (χ0v) is 11.6. The smallest absolute Gasteiger partial charge is 0.323 e. The van der Waals surface area contributed by atoms with Gasteiger partial charge in [-0.05, 0) is 32.4 Å². The molecule has 0 bridgehead atoms. The molecule has 0 atom stereocenters. The Morgan fingerprint density at radius 2 is 1.83 bits per heavy atom. The highest BCUT2D eigenvalue weighted by Gasteiger charge is 2.19. The topological polar surface area (TPSA) is 60.4 Å². The minimum absolute atomic E-state index is 0.144. The van der Waals surface area contributed by atoms with Gasteiger partial charge in [-0.3, -0.25) is 0 Å². The van der Waals surface area contributed by atoms with E-state index in [0.717, 1.165) is 13.1 Å². The van der Waals surface area contributed by atoms with E-state index in [2.05, 4.69) is 15.0 Å². The van der Waals surface area contributed by atoms with Gasteiger partial charge in [-0.2, -0.15) is 15.0 Å². The zero-order chi connectivity index (χ0) is 13.2. The first kappa shape index (κ1) is 13.3. The number of morpholine rings is 1. The fraction of sp³-hybridized carbons (Fsp3) is 0.727. The average molecular weight is 273 g/mol. The Balaban J connectivity index is 2.20. The Bertz CT molecular complexity index is 416. The number of aromatic nitrogens is 3. The van der Waals surface area contributed by atoms with Gasteiger partial charge in [0, 0.05) is 13.1 Å². The quantitative estimate of drug-likeness (QED) is 0.814. The van der Waals surface area contributed by atoms with Crippen LogP contribution in [0.25, 0.3) is 0 Å². The molecular weight excluding hydrogens is 256 g/mol. The summed E-state index contributed by atoms with van der Waals surface area (Å²) in [7, 11) is 0. The molecule has 100 valence electrons. The third-order valence-corrected chi connectivity index (χ3v) is 2.44. The number of hydrogen-bond donors (Lipinski definition) is 0. The first-order valence-electron chi connectivity index (χ1n) is 5.87. The summed E-state index contributed by atoms with van der Waals surface area (Å²) in [6.07, 6.45) is 0. The normalized spacial score (nSPS) is 16.8. The van der Waals surface area contributed by atoms with E-state index in [9.17, 15) is 0 Å². The van der Waals surface area contributed by atoms with Crippen molar-refractivity contribution in [2.75, 3.05) is 31.2 Å². The second-order valence-electron chi connectivity index (χ2n) is 5.00. The first-order valence-corrected chi connectivity index (χ1v) is 6.25. The molecule has 1 aliphatic rings. The molecule has 1 aromatic rings. The van der Waals surface area contributed by atoms with E-state index in [1.165, 1.54) is 0 Å². The van der Waals surface area contributed by atoms with Crippen molar-refractivity contribution in [3.8, 4) is 6.01 Å². The average Bonchev–Trinajstić information content (AvgIpc) is 2.27. The van der Waals surface area contributed by atoms with Crippen LogP contribution in [0.2, 0.25) is 5.28 Å². The summed E-state index contributed by atoms with van der Waals surface area (Å²) in [5.41, 5.74) is -0.368. The number of halogens is 1. The van der Waals surface area contributed by atoms with Crippen molar-refractivity contribution in [3.05, 3.63) is 5.28 Å². The van der Waals surface area contributed by atoms with Gasteiger partial charge in [-0.15, -0.1) is 0 Å². The Morgan fingerprint density at radius 3 is 2.44 bits per heavy atom. The molecule has 1 fully saturated rings. The van der Waals surface area contributed by atoms with Crippen molar-refractivity contribution in [3.63, 3.8) is 0 Å². The number of hydrogen-bond acceptors (Lipinski definition) is 6. The standard InChI is InChI=1S/C11H17ClN4O2/c1-11(2,3)18-10-14-8(12)13-9(15-10)16-4-6-17-7-5-16/h4-7H2,1-3H3. The third kappa shape index (κ3) is 3.68. The molecule has 2 rings (SSSR count). The summed E-state index contributed by atoms with van der Waals surface area (Å²) in [5, 5.41) is 0.144. The molecule has 1 aliphatic heterocycles. The van der Waals surface area contributed by atoms with Gasteiger partial charge in [-0.25, -0.2) is 0 Å². The maximum Gasteiger partial charge on any atom is 0.323 e. The molecule has 1 saturated heterocycles. The molecule has 1 aromatic heterocycles. The molecule has 0 saturated carbocycles. The van der Waals surface area contributed by atoms with Crippen LogP contribution >= 0.6 is 11.6 Å². The van der Waals surface area contributed by atoms with Gasteiger partial charge in [0.2, 0.25) is 11.2 Å². The Morgan fingerprint density at radius 1 is 1.17 bits per heavy atom. The van der Waals surface area contributed by atoms with Crippen molar-refractivity contribution >= 4 is 17.5 Å². The van der Waals surface area contributed by atoms with Crippen LogP contribution in [0.3, 0.4) is 0 Å². The fourth-order valence-corrected chi connectivity index (χ4v) is 1.69. The monoisotopic (exact) mass is 272 g/mol. The van der Waals surface area contributed by atoms with E-state index in [1.54, 1.807) is 0 Å². The lowest BCUT2D eigenvalue weighted by Gasteiger charge is -2.27. The maximum absolute atomic E-state index is 5.90. The summed E-state index contributed by atoms with van der Waals surface area (Å²) in [6.45, 7) is 8.61. The molecule has 0 amide bonds. The van der Waals surface area contributed by atoms with Crippen LogP contribution in [0.5, 0.6) is 6.01 Å². The number of ether oxygens (including phenoxy) is 2. The van der Waals surface area contributed by atoms with Crippen LogP contribution in [0, 0.1) is 0 Å². The minimum atomic E-state index is -0.368. The van der Waals surface area contributed by atoms with Gasteiger partial charge in [0.1, 0.15) is 5.60 Å². The summed E-state index contributed by atoms with van der Waals surface area (Å²) in [5.74, 6) is 0.539. The second kappa shape index (κ2) is 5.24. The number of anilines is 1. The molecule has 0 radical (unpaired) electrons. The highest BCUT2D eigenvalue weighted by molar-refractivity contribution is 6.28. The summed E-state index contributed by atoms with van der Waals surface area (Å²) in [4.78, 5) is 14.4. The van der Waals surface area contributed by atoms with Gasteiger partial charge >= 0.3 is 6.01 Å². The van der Waals surface area contributed by atoms with Crippen molar-refractivity contribution < 1.29 is 9.47 Å². The van der Waals surface area contributed by atoms with Crippen molar-refractivity contribution in [1.29, 1.82) is 0 Å². The van der Waals surface area contributed by atoms with Gasteiger partial charge in [0.15, 0.2) is 0 Å². The Hall–Kier alpha value is -1.14. The number of rotatable bonds is 2. The Labute approximate surface area is 111 Å². The molecule has 0 unspecified atom stereocenters. The molecule has 7 heteroatoms. The van der Waals surface area contributed by atoms with Gasteiger partial charge in [-0.1, -0.05) is 0 Å². The van der Waals surface area contributed by atoms with E-state index >= 15 is 0 Å². The van der Waals surface area contributed by atoms with Crippen LogP contribution in [0.15, 0.2) is 0 Å². The molecule has 0 spiro atoms. The summed E-state index contributed by atoms with van der Waals surface area (Å²) < 4.78 is 10.9. The van der Waals surface area contributed by atoms with Crippen LogP contribution in [-0.2, 0) is 4.74 Å². The van der Waals surface area contributed by atoms with E-state index in [1.807, 2.05) is 25.7 Å². The lowest BCUT2D eigenvalue weighted by atomic mass is 10.2. The van der Waals surface area contributed by atoms with E-state index in [0.29, 0.717) is 19.2 Å². The van der Waals surface area contributed by atoms with Gasteiger partial charge < -0.3 is 14.4 Å².